The summed E-state index contributed by atoms with van der Waals surface area (Å²) < 4.78 is 0.880. The molecule has 4 nitrogen and oxygen atoms in total. The normalized spacial score (nSPS) is 11.8. The van der Waals surface area contributed by atoms with E-state index in [0.717, 1.165) is 17.6 Å². The molecule has 21 heavy (non-hydrogen) atoms. The molecule has 0 unspecified atom stereocenters. The highest BCUT2D eigenvalue weighted by molar-refractivity contribution is 9.10. The van der Waals surface area contributed by atoms with Crippen LogP contribution in [0.4, 0.5) is 5.69 Å². The van der Waals surface area contributed by atoms with Crippen LogP contribution in [0.1, 0.15) is 20.8 Å². The first-order valence-corrected chi connectivity index (χ1v) is 8.12. The Hall–Kier alpha value is -0.620. The largest absolute Gasteiger partial charge is 0.330 e. The van der Waals surface area contributed by atoms with E-state index in [1.54, 1.807) is 12.1 Å². The maximum atomic E-state index is 12.1. The molecule has 0 atom stereocenters. The van der Waals surface area contributed by atoms with E-state index in [1.807, 2.05) is 13.0 Å². The van der Waals surface area contributed by atoms with Crippen molar-refractivity contribution in [1.29, 1.82) is 0 Å². The first-order valence-electron chi connectivity index (χ1n) is 6.94. The number of anilines is 1. The number of hydrogen-bond donors (Lipinski definition) is 2. The van der Waals surface area contributed by atoms with Gasteiger partial charge in [0.05, 0.1) is 17.3 Å². The molecule has 0 aliphatic rings. The van der Waals surface area contributed by atoms with Crippen molar-refractivity contribution in [3.8, 4) is 0 Å². The number of hydrogen-bond acceptors (Lipinski definition) is 3. The molecule has 1 rings (SSSR count). The third-order valence-corrected chi connectivity index (χ3v) is 4.03. The SMILES string of the molecule is CCN(CC(=O)Nc1ccc(Br)cc1Cl)CC(C)(C)CN. The molecular formula is C15H23BrClN3O. The van der Waals surface area contributed by atoms with Crippen molar-refractivity contribution in [1.82, 2.24) is 4.90 Å². The number of nitrogens with zero attached hydrogens (tertiary/aromatic N) is 1. The zero-order valence-electron chi connectivity index (χ0n) is 12.7. The highest BCUT2D eigenvalue weighted by atomic mass is 79.9. The van der Waals surface area contributed by atoms with Gasteiger partial charge in [-0.05, 0) is 36.7 Å². The molecule has 6 heteroatoms. The quantitative estimate of drug-likeness (QED) is 0.767. The van der Waals surface area contributed by atoms with Crippen LogP contribution in [-0.4, -0.2) is 37.0 Å². The zero-order valence-corrected chi connectivity index (χ0v) is 15.1. The van der Waals surface area contributed by atoms with Crippen molar-refractivity contribution in [2.24, 2.45) is 11.1 Å². The summed E-state index contributed by atoms with van der Waals surface area (Å²) in [7, 11) is 0. The molecule has 0 saturated carbocycles. The second-order valence-corrected chi connectivity index (χ2v) is 7.17. The standard InChI is InChI=1S/C15H23BrClN3O/c1-4-20(10-15(2,3)9-18)8-14(21)19-13-6-5-11(16)7-12(13)17/h5-7H,4,8-10,18H2,1-3H3,(H,19,21). The molecule has 0 radical (unpaired) electrons. The van der Waals surface area contributed by atoms with E-state index in [1.165, 1.54) is 0 Å². The van der Waals surface area contributed by atoms with Crippen LogP contribution < -0.4 is 11.1 Å². The Bertz CT molecular complexity index is 494. The Balaban J connectivity index is 2.63. The van der Waals surface area contributed by atoms with Crippen LogP contribution >= 0.6 is 27.5 Å². The van der Waals surface area contributed by atoms with E-state index in [-0.39, 0.29) is 11.3 Å². The fraction of sp³-hybridized carbons (Fsp3) is 0.533. The molecular weight excluding hydrogens is 354 g/mol. The monoisotopic (exact) mass is 375 g/mol. The number of nitrogens with one attached hydrogen (secondary N) is 1. The first kappa shape index (κ1) is 18.4. The maximum absolute atomic E-state index is 12.1. The molecule has 0 spiro atoms. The summed E-state index contributed by atoms with van der Waals surface area (Å²) in [6, 6.07) is 5.38. The minimum atomic E-state index is -0.0751. The topological polar surface area (TPSA) is 58.4 Å². The van der Waals surface area contributed by atoms with Gasteiger partial charge in [0, 0.05) is 11.0 Å². The van der Waals surface area contributed by atoms with Crippen LogP contribution in [0, 0.1) is 5.41 Å². The minimum Gasteiger partial charge on any atom is -0.330 e. The molecule has 1 aromatic carbocycles. The molecule has 118 valence electrons. The molecule has 0 aromatic heterocycles. The van der Waals surface area contributed by atoms with Crippen LogP contribution in [0.5, 0.6) is 0 Å². The predicted octanol–water partition coefficient (Wildman–Crippen LogP) is 3.35. The van der Waals surface area contributed by atoms with Crippen LogP contribution in [-0.2, 0) is 4.79 Å². The molecule has 0 fully saturated rings. The Morgan fingerprint density at radius 2 is 2.14 bits per heavy atom. The average Bonchev–Trinajstić information content (AvgIpc) is 2.41. The van der Waals surface area contributed by atoms with Gasteiger partial charge in [-0.15, -0.1) is 0 Å². The van der Waals surface area contributed by atoms with E-state index < -0.39 is 0 Å². The van der Waals surface area contributed by atoms with Gasteiger partial charge in [0.2, 0.25) is 5.91 Å². The van der Waals surface area contributed by atoms with Crippen LogP contribution in [0.25, 0.3) is 0 Å². The second kappa shape index (κ2) is 8.13. The van der Waals surface area contributed by atoms with Crippen LogP contribution in [0.3, 0.4) is 0 Å². The summed E-state index contributed by atoms with van der Waals surface area (Å²) in [6.07, 6.45) is 0. The first-order chi connectivity index (χ1) is 9.77. The summed E-state index contributed by atoms with van der Waals surface area (Å²) in [5, 5.41) is 3.36. The van der Waals surface area contributed by atoms with Crippen molar-refractivity contribution < 1.29 is 4.79 Å². The lowest BCUT2D eigenvalue weighted by molar-refractivity contribution is -0.117. The van der Waals surface area contributed by atoms with Gasteiger partial charge >= 0.3 is 0 Å². The van der Waals surface area contributed by atoms with Gasteiger partial charge in [0.15, 0.2) is 0 Å². The van der Waals surface area contributed by atoms with Gasteiger partial charge in [-0.2, -0.15) is 0 Å². The predicted molar refractivity (Wildman–Crippen MR) is 92.7 cm³/mol. The number of benzene rings is 1. The van der Waals surface area contributed by atoms with Gasteiger partial charge in [0.25, 0.3) is 0 Å². The number of halogens is 2. The Morgan fingerprint density at radius 3 is 2.67 bits per heavy atom. The van der Waals surface area contributed by atoms with Gasteiger partial charge in [-0.25, -0.2) is 0 Å². The van der Waals surface area contributed by atoms with E-state index >= 15 is 0 Å². The van der Waals surface area contributed by atoms with Gasteiger partial charge in [-0.3, -0.25) is 9.69 Å². The van der Waals surface area contributed by atoms with Crippen molar-refractivity contribution >= 4 is 39.1 Å². The Labute approximate surface area is 140 Å². The van der Waals surface area contributed by atoms with E-state index in [0.29, 0.717) is 23.8 Å². The summed E-state index contributed by atoms with van der Waals surface area (Å²) >= 11 is 9.44. The van der Waals surface area contributed by atoms with Crippen molar-refractivity contribution in [3.05, 3.63) is 27.7 Å². The van der Waals surface area contributed by atoms with E-state index in [2.05, 4.69) is 40.0 Å². The van der Waals surface area contributed by atoms with E-state index in [4.69, 9.17) is 17.3 Å². The third-order valence-electron chi connectivity index (χ3n) is 3.22. The average molecular weight is 377 g/mol. The van der Waals surface area contributed by atoms with Crippen molar-refractivity contribution in [2.75, 3.05) is 31.5 Å². The highest BCUT2D eigenvalue weighted by Crippen LogP contribution is 2.25. The minimum absolute atomic E-state index is 0.00839. The molecule has 1 aromatic rings. The number of nitrogens with two attached hydrogens (primary N) is 1. The lowest BCUT2D eigenvalue weighted by atomic mass is 9.93. The smallest absolute Gasteiger partial charge is 0.238 e. The molecule has 0 aliphatic carbocycles. The Kier molecular flexibility index (Phi) is 7.13. The number of rotatable bonds is 7. The molecule has 0 saturated heterocycles. The maximum Gasteiger partial charge on any atom is 0.238 e. The number of amides is 1. The summed E-state index contributed by atoms with van der Waals surface area (Å²) in [4.78, 5) is 14.2. The molecule has 0 bridgehead atoms. The van der Waals surface area contributed by atoms with Gasteiger partial charge in [-0.1, -0.05) is 48.3 Å². The third kappa shape index (κ3) is 6.34. The van der Waals surface area contributed by atoms with E-state index in [9.17, 15) is 4.79 Å². The Morgan fingerprint density at radius 1 is 1.48 bits per heavy atom. The van der Waals surface area contributed by atoms with Gasteiger partial charge < -0.3 is 11.1 Å². The fourth-order valence-electron chi connectivity index (χ4n) is 1.93. The second-order valence-electron chi connectivity index (χ2n) is 5.84. The van der Waals surface area contributed by atoms with Gasteiger partial charge in [0.1, 0.15) is 0 Å². The van der Waals surface area contributed by atoms with Crippen LogP contribution in [0.15, 0.2) is 22.7 Å². The lowest BCUT2D eigenvalue weighted by Crippen LogP contribution is -2.42. The molecule has 3 N–H and O–H groups in total. The highest BCUT2D eigenvalue weighted by Gasteiger charge is 2.21. The number of likely N-dealkylation sites (N-methyl/N-ethyl adjacent to an activating group) is 1. The number of carbonyl (C=O) groups is 1. The van der Waals surface area contributed by atoms with Crippen molar-refractivity contribution in [2.45, 2.75) is 20.8 Å². The van der Waals surface area contributed by atoms with Crippen molar-refractivity contribution in [3.63, 3.8) is 0 Å². The molecule has 0 aliphatic heterocycles. The zero-order chi connectivity index (χ0) is 16.0. The molecule has 1 amide bonds. The van der Waals surface area contributed by atoms with Crippen LogP contribution in [0.2, 0.25) is 5.02 Å². The summed E-state index contributed by atoms with van der Waals surface area (Å²) in [5.41, 5.74) is 6.36. The summed E-state index contributed by atoms with van der Waals surface area (Å²) in [5.74, 6) is -0.0751. The molecule has 0 heterocycles. The number of carbonyl (C=O) groups excluding carboxylic acids is 1. The summed E-state index contributed by atoms with van der Waals surface area (Å²) in [6.45, 7) is 8.72. The fourth-order valence-corrected chi connectivity index (χ4v) is 2.65. The lowest BCUT2D eigenvalue weighted by Gasteiger charge is -2.30.